The lowest BCUT2D eigenvalue weighted by atomic mass is 10.1. The van der Waals surface area contributed by atoms with Crippen molar-refractivity contribution in [2.24, 2.45) is 0 Å². The molecule has 25 heavy (non-hydrogen) atoms. The number of carbonyl (C=O) groups excluding carboxylic acids is 3. The Bertz CT molecular complexity index is 668. The zero-order valence-corrected chi connectivity index (χ0v) is 17.1. The summed E-state index contributed by atoms with van der Waals surface area (Å²) in [6, 6.07) is 4.31. The fourth-order valence-corrected chi connectivity index (χ4v) is 2.32. The summed E-state index contributed by atoms with van der Waals surface area (Å²) in [6.07, 6.45) is -0.257. The Balaban J connectivity index is 2.93. The molecule has 0 fully saturated rings. The molecule has 1 aromatic rings. The molecule has 0 spiro atoms. The minimum atomic E-state index is -0.765. The third-order valence-electron chi connectivity index (χ3n) is 3.50. The smallest absolute Gasteiger partial charge is 0.410 e. The molecule has 0 aliphatic carbocycles. The Labute approximate surface area is 157 Å². The summed E-state index contributed by atoms with van der Waals surface area (Å²) >= 11 is 3.33. The number of ether oxygens (including phenoxy) is 1. The molecule has 138 valence electrons. The van der Waals surface area contributed by atoms with Crippen LogP contribution in [0, 0.1) is 0 Å². The Kier molecular flexibility index (Phi) is 7.17. The van der Waals surface area contributed by atoms with Gasteiger partial charge in [0.2, 0.25) is 5.91 Å². The number of ketones is 1. The fraction of sp³-hybridized carbons (Fsp3) is 0.500. The second kappa shape index (κ2) is 8.47. The van der Waals surface area contributed by atoms with E-state index in [1.165, 1.54) is 11.9 Å². The van der Waals surface area contributed by atoms with E-state index in [9.17, 15) is 14.4 Å². The average Bonchev–Trinajstić information content (AvgIpc) is 2.51. The predicted molar refractivity (Wildman–Crippen MR) is 101 cm³/mol. The van der Waals surface area contributed by atoms with Crippen molar-refractivity contribution in [3.8, 4) is 0 Å². The van der Waals surface area contributed by atoms with Crippen LogP contribution >= 0.6 is 15.9 Å². The normalized spacial score (nSPS) is 12.3. The van der Waals surface area contributed by atoms with Gasteiger partial charge in [-0.15, -0.1) is 0 Å². The van der Waals surface area contributed by atoms with Gasteiger partial charge in [-0.1, -0.05) is 22.9 Å². The number of hydrogen-bond acceptors (Lipinski definition) is 4. The molecule has 0 saturated heterocycles. The van der Waals surface area contributed by atoms with Crippen LogP contribution in [0.3, 0.4) is 0 Å². The number of benzene rings is 1. The lowest BCUT2D eigenvalue weighted by molar-refractivity contribution is -0.120. The van der Waals surface area contributed by atoms with Gasteiger partial charge in [-0.05, 0) is 45.9 Å². The molecular formula is C18H25BrN2O4. The van der Waals surface area contributed by atoms with Gasteiger partial charge in [0, 0.05) is 23.5 Å². The van der Waals surface area contributed by atoms with Crippen molar-refractivity contribution in [1.82, 2.24) is 4.90 Å². The number of amides is 2. The van der Waals surface area contributed by atoms with Crippen LogP contribution < -0.4 is 5.32 Å². The molecular weight excluding hydrogens is 388 g/mol. The van der Waals surface area contributed by atoms with Crippen molar-refractivity contribution >= 4 is 39.4 Å². The van der Waals surface area contributed by atoms with Gasteiger partial charge in [0.25, 0.3) is 0 Å². The van der Waals surface area contributed by atoms with Gasteiger partial charge in [0.1, 0.15) is 11.6 Å². The van der Waals surface area contributed by atoms with Crippen LogP contribution in [-0.2, 0) is 9.53 Å². The zero-order valence-electron chi connectivity index (χ0n) is 15.5. The highest BCUT2D eigenvalue weighted by molar-refractivity contribution is 9.10. The Morgan fingerprint density at radius 3 is 2.40 bits per heavy atom. The second-order valence-corrected chi connectivity index (χ2v) is 7.64. The van der Waals surface area contributed by atoms with Crippen molar-refractivity contribution in [1.29, 1.82) is 0 Å². The van der Waals surface area contributed by atoms with E-state index in [2.05, 4.69) is 21.2 Å². The monoisotopic (exact) mass is 412 g/mol. The molecule has 0 aliphatic heterocycles. The van der Waals surface area contributed by atoms with Gasteiger partial charge in [-0.2, -0.15) is 0 Å². The molecule has 1 aromatic carbocycles. The summed E-state index contributed by atoms with van der Waals surface area (Å²) in [5.41, 5.74) is 0.203. The van der Waals surface area contributed by atoms with Crippen molar-refractivity contribution < 1.29 is 19.1 Å². The lowest BCUT2D eigenvalue weighted by Crippen LogP contribution is -2.45. The minimum Gasteiger partial charge on any atom is -0.444 e. The second-order valence-electron chi connectivity index (χ2n) is 6.72. The number of anilines is 1. The van der Waals surface area contributed by atoms with Crippen LogP contribution in [0.15, 0.2) is 22.7 Å². The maximum absolute atomic E-state index is 12.5. The first-order valence-corrected chi connectivity index (χ1v) is 8.85. The first kappa shape index (κ1) is 21.2. The molecule has 0 saturated carbocycles. The molecule has 0 aromatic heterocycles. The summed E-state index contributed by atoms with van der Waals surface area (Å²) in [5.74, 6) is -0.479. The van der Waals surface area contributed by atoms with E-state index < -0.39 is 23.6 Å². The van der Waals surface area contributed by atoms with Crippen molar-refractivity contribution in [2.45, 2.75) is 52.7 Å². The highest BCUT2D eigenvalue weighted by atomic mass is 79.9. The number of carbonyl (C=O) groups is 3. The van der Waals surface area contributed by atoms with Gasteiger partial charge in [0.15, 0.2) is 5.78 Å². The van der Waals surface area contributed by atoms with Gasteiger partial charge in [-0.3, -0.25) is 14.5 Å². The van der Waals surface area contributed by atoms with Gasteiger partial charge >= 0.3 is 6.09 Å². The summed E-state index contributed by atoms with van der Waals surface area (Å²) in [7, 11) is 1.50. The topological polar surface area (TPSA) is 75.7 Å². The number of likely N-dealkylation sites (N-methyl/N-ethyl adjacent to an activating group) is 1. The molecule has 0 heterocycles. The Morgan fingerprint density at radius 1 is 1.28 bits per heavy atom. The third-order valence-corrected chi connectivity index (χ3v) is 4.00. The predicted octanol–water partition coefficient (Wildman–Crippen LogP) is 4.24. The first-order valence-electron chi connectivity index (χ1n) is 8.05. The number of Topliss-reactive ketones (excluding diaryl/α,β-unsaturated/α-hetero) is 1. The minimum absolute atomic E-state index is 0.0732. The third kappa shape index (κ3) is 6.16. The van der Waals surface area contributed by atoms with Crippen LogP contribution in [0.25, 0.3) is 0 Å². The van der Waals surface area contributed by atoms with E-state index in [1.807, 2.05) is 0 Å². The SMILES string of the molecule is CCC(=O)c1ccc(Br)cc1NC(=O)C(C)N(C)C(=O)OC(C)(C)C. The number of rotatable bonds is 5. The largest absolute Gasteiger partial charge is 0.444 e. The average molecular weight is 413 g/mol. The number of hydrogen-bond donors (Lipinski definition) is 1. The van der Waals surface area contributed by atoms with Crippen LogP contribution in [0.5, 0.6) is 0 Å². The molecule has 1 atom stereocenters. The van der Waals surface area contributed by atoms with Crippen LogP contribution in [0.4, 0.5) is 10.5 Å². The molecule has 1 rings (SSSR count). The van der Waals surface area contributed by atoms with E-state index in [1.54, 1.807) is 52.8 Å². The molecule has 1 N–H and O–H groups in total. The van der Waals surface area contributed by atoms with Crippen molar-refractivity contribution in [3.05, 3.63) is 28.2 Å². The quantitative estimate of drug-likeness (QED) is 0.733. The zero-order chi connectivity index (χ0) is 19.4. The highest BCUT2D eigenvalue weighted by Crippen LogP contribution is 2.23. The lowest BCUT2D eigenvalue weighted by Gasteiger charge is -2.28. The van der Waals surface area contributed by atoms with Gasteiger partial charge < -0.3 is 10.1 Å². The Morgan fingerprint density at radius 2 is 1.88 bits per heavy atom. The summed E-state index contributed by atoms with van der Waals surface area (Å²) in [4.78, 5) is 37.9. The molecule has 0 bridgehead atoms. The standard InChI is InChI=1S/C18H25BrN2O4/c1-7-15(22)13-9-8-12(19)10-14(13)20-16(23)11(2)21(6)17(24)25-18(3,4)5/h8-11H,7H2,1-6H3,(H,20,23). The first-order chi connectivity index (χ1) is 11.5. The van der Waals surface area contributed by atoms with E-state index in [4.69, 9.17) is 4.74 Å². The highest BCUT2D eigenvalue weighted by Gasteiger charge is 2.27. The fourth-order valence-electron chi connectivity index (χ4n) is 1.96. The number of nitrogens with zero attached hydrogens (tertiary/aromatic N) is 1. The number of nitrogens with one attached hydrogen (secondary N) is 1. The van der Waals surface area contributed by atoms with Crippen LogP contribution in [0.2, 0.25) is 0 Å². The van der Waals surface area contributed by atoms with Crippen molar-refractivity contribution in [3.63, 3.8) is 0 Å². The molecule has 0 aliphatic rings. The maximum atomic E-state index is 12.5. The van der Waals surface area contributed by atoms with Crippen LogP contribution in [-0.4, -0.2) is 41.4 Å². The van der Waals surface area contributed by atoms with Gasteiger partial charge in [0.05, 0.1) is 5.69 Å². The molecule has 6 nitrogen and oxygen atoms in total. The molecule has 7 heteroatoms. The number of halogens is 1. The Hall–Kier alpha value is -1.89. The summed E-state index contributed by atoms with van der Waals surface area (Å²) in [5, 5.41) is 2.73. The maximum Gasteiger partial charge on any atom is 0.410 e. The molecule has 1 unspecified atom stereocenters. The van der Waals surface area contributed by atoms with Crippen LogP contribution in [0.1, 0.15) is 51.4 Å². The molecule has 2 amide bonds. The van der Waals surface area contributed by atoms with E-state index in [-0.39, 0.29) is 5.78 Å². The van der Waals surface area contributed by atoms with Gasteiger partial charge in [-0.25, -0.2) is 4.79 Å². The van der Waals surface area contributed by atoms with E-state index in [0.29, 0.717) is 17.7 Å². The van der Waals surface area contributed by atoms with E-state index in [0.717, 1.165) is 4.47 Å². The van der Waals surface area contributed by atoms with Crippen molar-refractivity contribution in [2.75, 3.05) is 12.4 Å². The summed E-state index contributed by atoms with van der Waals surface area (Å²) in [6.45, 7) is 8.63. The van der Waals surface area contributed by atoms with E-state index >= 15 is 0 Å². The summed E-state index contributed by atoms with van der Waals surface area (Å²) < 4.78 is 6.00. The molecule has 0 radical (unpaired) electrons.